The summed E-state index contributed by atoms with van der Waals surface area (Å²) >= 11 is 0. The highest BCUT2D eigenvalue weighted by Gasteiger charge is 2.38. The van der Waals surface area contributed by atoms with Crippen molar-refractivity contribution in [3.05, 3.63) is 374 Å². The fraction of sp³-hybridized carbons (Fsp3) is 0.0577. The Bertz CT molecular complexity index is 6940. The average Bonchev–Trinajstić information content (AvgIpc) is 1.50. The minimum absolute atomic E-state index is 0.0503. The summed E-state index contributed by atoms with van der Waals surface area (Å²) < 4.78 is 0. The molecule has 0 atom stereocenters. The summed E-state index contributed by atoms with van der Waals surface area (Å²) in [4.78, 5) is 31.3. The van der Waals surface area contributed by atoms with Crippen molar-refractivity contribution in [1.29, 1.82) is 0 Å². The first-order chi connectivity index (χ1) is 54.0. The van der Waals surface area contributed by atoms with Crippen LogP contribution in [-0.4, -0.2) is 29.9 Å². The Kier molecular flexibility index (Phi) is 14.9. The molecular weight excluding hydrogens is 1330 g/mol. The molecule has 0 amide bonds. The highest BCUT2D eigenvalue weighted by atomic mass is 15.0. The molecule has 18 aromatic carbocycles. The molecule has 0 spiro atoms. The van der Waals surface area contributed by atoms with Gasteiger partial charge in [-0.1, -0.05) is 349 Å². The average molecular weight is 1400 g/mol. The number of fused-ring (bicyclic) bond motifs is 18. The van der Waals surface area contributed by atoms with Gasteiger partial charge in [-0.3, -0.25) is 0 Å². The van der Waals surface area contributed by atoms with E-state index in [4.69, 9.17) is 29.9 Å². The van der Waals surface area contributed by atoms with Crippen LogP contribution < -0.4 is 0 Å². The molecule has 0 N–H and O–H groups in total. The molecule has 2 aromatic heterocycles. The van der Waals surface area contributed by atoms with Crippen molar-refractivity contribution in [1.82, 2.24) is 29.9 Å². The third-order valence-corrected chi connectivity index (χ3v) is 23.4. The van der Waals surface area contributed by atoms with Gasteiger partial charge in [0, 0.05) is 44.2 Å². The number of benzene rings is 18. The second-order valence-electron chi connectivity index (χ2n) is 30.4. The predicted molar refractivity (Wildman–Crippen MR) is 458 cm³/mol. The predicted octanol–water partition coefficient (Wildman–Crippen LogP) is 26.9. The van der Waals surface area contributed by atoms with Crippen LogP contribution in [-0.2, 0) is 10.8 Å². The van der Waals surface area contributed by atoms with Crippen LogP contribution in [0.4, 0.5) is 0 Å². The maximum atomic E-state index is 5.33. The van der Waals surface area contributed by atoms with E-state index in [9.17, 15) is 0 Å². The van der Waals surface area contributed by atoms with E-state index >= 15 is 0 Å². The zero-order chi connectivity index (χ0) is 73.3. The molecule has 20 aromatic rings. The number of rotatable bonds is 8. The molecule has 0 fully saturated rings. The van der Waals surface area contributed by atoms with Crippen LogP contribution in [0.25, 0.3) is 199 Å². The van der Waals surface area contributed by atoms with Gasteiger partial charge in [0.2, 0.25) is 0 Å². The highest BCUT2D eigenvalue weighted by Crippen LogP contribution is 2.53. The molecule has 0 radical (unpaired) electrons. The Morgan fingerprint density at radius 2 is 0.482 bits per heavy atom. The lowest BCUT2D eigenvalue weighted by molar-refractivity contribution is 0.660. The number of hydrogen-bond donors (Lipinski definition) is 0. The van der Waals surface area contributed by atoms with E-state index in [0.29, 0.717) is 34.9 Å². The van der Waals surface area contributed by atoms with Crippen LogP contribution in [0.2, 0.25) is 0 Å². The maximum absolute atomic E-state index is 5.33. The lowest BCUT2D eigenvalue weighted by atomic mass is 9.79. The van der Waals surface area contributed by atoms with Crippen molar-refractivity contribution in [2.24, 2.45) is 0 Å². The van der Waals surface area contributed by atoms with Crippen molar-refractivity contribution < 1.29 is 0 Å². The summed E-state index contributed by atoms with van der Waals surface area (Å²) in [5.74, 6) is 3.91. The number of aromatic nitrogens is 6. The molecule has 2 heterocycles. The molecule has 22 rings (SSSR count). The second-order valence-corrected chi connectivity index (χ2v) is 30.4. The molecule has 6 nitrogen and oxygen atoms in total. The third-order valence-electron chi connectivity index (χ3n) is 23.4. The lowest BCUT2D eigenvalue weighted by Gasteiger charge is -2.24. The van der Waals surface area contributed by atoms with Gasteiger partial charge in [0.25, 0.3) is 0 Å². The quantitative estimate of drug-likeness (QED) is 0.141. The van der Waals surface area contributed by atoms with Gasteiger partial charge in [-0.15, -0.1) is 0 Å². The van der Waals surface area contributed by atoms with E-state index < -0.39 is 0 Å². The normalized spacial score (nSPS) is 13.1. The minimum Gasteiger partial charge on any atom is -0.208 e. The zero-order valence-electron chi connectivity index (χ0n) is 61.2. The summed E-state index contributed by atoms with van der Waals surface area (Å²) in [5, 5.41) is 19.0. The Morgan fingerprint density at radius 1 is 0.164 bits per heavy atom. The first kappa shape index (κ1) is 64.4. The van der Waals surface area contributed by atoms with Crippen LogP contribution in [0, 0.1) is 0 Å². The Balaban J connectivity index is 0.000000140. The third kappa shape index (κ3) is 10.6. The van der Waals surface area contributed by atoms with Gasteiger partial charge in [0.1, 0.15) is 0 Å². The molecule has 516 valence electrons. The van der Waals surface area contributed by atoms with Crippen LogP contribution in [0.15, 0.2) is 352 Å². The van der Waals surface area contributed by atoms with E-state index in [-0.39, 0.29) is 10.8 Å². The fourth-order valence-corrected chi connectivity index (χ4v) is 17.9. The van der Waals surface area contributed by atoms with Crippen LogP contribution in [0.5, 0.6) is 0 Å². The van der Waals surface area contributed by atoms with E-state index in [1.807, 2.05) is 0 Å². The molecular formula is C104H70N6. The summed E-state index contributed by atoms with van der Waals surface area (Å²) in [6.07, 6.45) is 0. The molecule has 2 aliphatic rings. The smallest absolute Gasteiger partial charge is 0.164 e. The molecule has 6 heteroatoms. The van der Waals surface area contributed by atoms with Gasteiger partial charge in [0.05, 0.1) is 0 Å². The molecule has 0 saturated carbocycles. The van der Waals surface area contributed by atoms with Gasteiger partial charge in [0.15, 0.2) is 34.9 Å². The topological polar surface area (TPSA) is 77.3 Å². The van der Waals surface area contributed by atoms with Gasteiger partial charge >= 0.3 is 0 Å². The monoisotopic (exact) mass is 1400 g/mol. The summed E-state index contributed by atoms with van der Waals surface area (Å²) in [6, 6.07) is 126. The number of hydrogen-bond acceptors (Lipinski definition) is 6. The molecule has 110 heavy (non-hydrogen) atoms. The molecule has 0 bridgehead atoms. The molecule has 2 aliphatic carbocycles. The Morgan fingerprint density at radius 3 is 1.00 bits per heavy atom. The van der Waals surface area contributed by atoms with E-state index in [1.165, 1.54) is 115 Å². The van der Waals surface area contributed by atoms with Crippen molar-refractivity contribution in [2.45, 2.75) is 38.5 Å². The van der Waals surface area contributed by atoms with Crippen LogP contribution in [0.3, 0.4) is 0 Å². The summed E-state index contributed by atoms with van der Waals surface area (Å²) in [6.45, 7) is 9.35. The summed E-state index contributed by atoms with van der Waals surface area (Å²) in [5.41, 5.74) is 21.2. The second kappa shape index (κ2) is 25.4. The van der Waals surface area contributed by atoms with Gasteiger partial charge in [-0.2, -0.15) is 0 Å². The van der Waals surface area contributed by atoms with Gasteiger partial charge < -0.3 is 0 Å². The van der Waals surface area contributed by atoms with E-state index in [2.05, 4.69) is 380 Å². The largest absolute Gasteiger partial charge is 0.208 e. The zero-order valence-corrected chi connectivity index (χ0v) is 61.2. The van der Waals surface area contributed by atoms with Crippen LogP contribution in [0.1, 0.15) is 49.9 Å². The number of nitrogens with zero attached hydrogens (tertiary/aromatic N) is 6. The van der Waals surface area contributed by atoms with Crippen molar-refractivity contribution in [2.75, 3.05) is 0 Å². The maximum Gasteiger partial charge on any atom is 0.164 e. The molecule has 0 saturated heterocycles. The van der Waals surface area contributed by atoms with Crippen LogP contribution >= 0.6 is 0 Å². The lowest BCUT2D eigenvalue weighted by Crippen LogP contribution is -2.16. The first-order valence-electron chi connectivity index (χ1n) is 37.9. The molecule has 0 unspecified atom stereocenters. The minimum atomic E-state index is -0.107. The standard InChI is InChI=1S/2C52H35N3/c1-52(2)47-25-12-11-22-43(47)44-24-13-23-38(48(44)52)32-26-28-33(29-27-32)49-53-50(45-30-34-14-3-5-16-36(34)39-18-7-9-20-41(39)45)55-51(54-49)46-31-35-15-4-6-17-37(35)40-19-8-10-21-42(40)46;1-52(2)47-14-8-7-13-45(47)46-28-23-36(31-48(46)52)32-15-19-35(20-16-32)49-53-50(39-24-26-43-37(29-39)21-17-33-9-3-5-11-41(33)43)55-51(54-49)40-25-27-44-38(30-40)22-18-34-10-4-6-12-42(34)44/h2*3-31H,1-2H3. The van der Waals surface area contributed by atoms with E-state index in [1.54, 1.807) is 0 Å². The van der Waals surface area contributed by atoms with Gasteiger partial charge in [-0.25, -0.2) is 29.9 Å². The highest BCUT2D eigenvalue weighted by molar-refractivity contribution is 6.16. The first-order valence-corrected chi connectivity index (χ1v) is 37.9. The van der Waals surface area contributed by atoms with Gasteiger partial charge in [-0.05, 0) is 183 Å². The Hall–Kier alpha value is -13.9. The fourth-order valence-electron chi connectivity index (χ4n) is 17.9. The van der Waals surface area contributed by atoms with E-state index in [0.717, 1.165) is 71.3 Å². The summed E-state index contributed by atoms with van der Waals surface area (Å²) in [7, 11) is 0. The van der Waals surface area contributed by atoms with Crippen molar-refractivity contribution >= 4 is 86.2 Å². The molecule has 0 aliphatic heterocycles. The van der Waals surface area contributed by atoms with Crippen molar-refractivity contribution in [3.8, 4) is 113 Å². The SMILES string of the molecule is CC1(C)c2ccccc2-c2ccc(-c3ccc(-c4nc(-c5ccc6c(ccc7ccccc76)c5)nc(-c5ccc6c(ccc7ccccc76)c5)n4)cc3)cc21.CC1(C)c2ccccc2-c2cccc(-c3ccc(-c4nc(-c5cc6ccccc6c6ccccc56)nc(-c5cc6ccccc6c6ccccc56)n4)cc3)c21. The Labute approximate surface area is 637 Å². The van der Waals surface area contributed by atoms with Crippen molar-refractivity contribution in [3.63, 3.8) is 0 Å².